The molecule has 1 saturated carbocycles. The zero-order chi connectivity index (χ0) is 25.9. The van der Waals surface area contributed by atoms with E-state index in [2.05, 4.69) is 16.1 Å². The van der Waals surface area contributed by atoms with Gasteiger partial charge in [0.05, 0.1) is 40.1 Å². The van der Waals surface area contributed by atoms with Crippen LogP contribution in [0.4, 0.5) is 8.78 Å². The summed E-state index contributed by atoms with van der Waals surface area (Å²) >= 11 is 0. The maximum atomic E-state index is 13.0. The molecule has 36 heavy (non-hydrogen) atoms. The number of ether oxygens (including phenoxy) is 1. The fourth-order valence-corrected chi connectivity index (χ4v) is 7.18. The number of amides is 1. The molecule has 5 rings (SSSR count). The van der Waals surface area contributed by atoms with Gasteiger partial charge in [-0.2, -0.15) is 19.1 Å². The van der Waals surface area contributed by atoms with Crippen LogP contribution in [0.3, 0.4) is 0 Å². The molecule has 1 amide bonds. The number of rotatable bonds is 6. The minimum Gasteiger partial charge on any atom is -0.435 e. The highest BCUT2D eigenvalue weighted by Gasteiger charge is 2.46. The molecule has 0 spiro atoms. The van der Waals surface area contributed by atoms with Crippen LogP contribution in [0, 0.1) is 16.7 Å². The molecule has 0 unspecified atom stereocenters. The van der Waals surface area contributed by atoms with E-state index in [1.165, 1.54) is 12.1 Å². The van der Waals surface area contributed by atoms with E-state index in [-0.39, 0.29) is 23.3 Å². The number of carbonyl (C=O) groups excluding carboxylic acids is 1. The second kappa shape index (κ2) is 8.27. The molecule has 1 aliphatic heterocycles. The molecular weight excluding hydrogens is 490 g/mol. The van der Waals surface area contributed by atoms with Crippen molar-refractivity contribution in [2.75, 3.05) is 11.5 Å². The summed E-state index contributed by atoms with van der Waals surface area (Å²) in [7, 11) is -3.13. The third-order valence-electron chi connectivity index (χ3n) is 6.78. The van der Waals surface area contributed by atoms with Crippen LogP contribution in [0.25, 0.3) is 22.2 Å². The van der Waals surface area contributed by atoms with Crippen molar-refractivity contribution in [2.45, 2.75) is 44.9 Å². The van der Waals surface area contributed by atoms with Crippen molar-refractivity contribution in [1.82, 2.24) is 15.1 Å². The first-order valence-electron chi connectivity index (χ1n) is 11.4. The van der Waals surface area contributed by atoms with Gasteiger partial charge in [-0.25, -0.2) is 8.42 Å². The topological polar surface area (TPSA) is 114 Å². The van der Waals surface area contributed by atoms with Gasteiger partial charge in [-0.15, -0.1) is 0 Å². The first-order chi connectivity index (χ1) is 16.9. The number of halogens is 2. The maximum absolute atomic E-state index is 13.0. The van der Waals surface area contributed by atoms with Crippen molar-refractivity contribution < 1.29 is 26.7 Å². The zero-order valence-corrected chi connectivity index (χ0v) is 20.5. The van der Waals surface area contributed by atoms with Crippen LogP contribution in [0.15, 0.2) is 42.5 Å². The molecule has 11 heteroatoms. The van der Waals surface area contributed by atoms with Gasteiger partial charge in [0.25, 0.3) is 5.91 Å². The molecule has 1 N–H and O–H groups in total. The lowest BCUT2D eigenvalue weighted by Crippen LogP contribution is -2.63. The molecule has 8 nitrogen and oxygen atoms in total. The number of nitrogens with one attached hydrogen (secondary N) is 1. The average Bonchev–Trinajstić information content (AvgIpc) is 3.13. The van der Waals surface area contributed by atoms with Crippen molar-refractivity contribution in [3.8, 4) is 23.1 Å². The Bertz CT molecular complexity index is 1510. The van der Waals surface area contributed by atoms with E-state index < -0.39 is 33.3 Å². The fraction of sp³-hybridized carbons (Fsp3) is 0.400. The molecule has 0 radical (unpaired) electrons. The molecule has 1 aromatic heterocycles. The Morgan fingerprint density at radius 3 is 2.58 bits per heavy atom. The smallest absolute Gasteiger partial charge is 0.387 e. The number of fused-ring (bicyclic) bond motifs is 1. The molecule has 188 valence electrons. The van der Waals surface area contributed by atoms with Crippen molar-refractivity contribution in [3.63, 3.8) is 0 Å². The second-order valence-electron chi connectivity index (χ2n) is 10.2. The molecule has 0 bridgehead atoms. The molecule has 3 aromatic rings. The van der Waals surface area contributed by atoms with Crippen LogP contribution in [0.5, 0.6) is 5.75 Å². The summed E-state index contributed by atoms with van der Waals surface area (Å²) in [6, 6.07) is 13.6. The first kappa shape index (κ1) is 24.2. The van der Waals surface area contributed by atoms with Gasteiger partial charge >= 0.3 is 6.61 Å². The zero-order valence-electron chi connectivity index (χ0n) is 19.7. The molecule has 2 aromatic carbocycles. The summed E-state index contributed by atoms with van der Waals surface area (Å²) < 4.78 is 55.1. The van der Waals surface area contributed by atoms with Gasteiger partial charge in [-0.3, -0.25) is 9.48 Å². The van der Waals surface area contributed by atoms with E-state index in [0.29, 0.717) is 40.6 Å². The van der Waals surface area contributed by atoms with Gasteiger partial charge in [0, 0.05) is 16.5 Å². The third kappa shape index (κ3) is 4.41. The average molecular weight is 515 g/mol. The summed E-state index contributed by atoms with van der Waals surface area (Å²) in [5.41, 5.74) is 0.840. The number of alkyl halides is 2. The van der Waals surface area contributed by atoms with Gasteiger partial charge in [0.15, 0.2) is 9.84 Å². The highest BCUT2D eigenvalue weighted by molar-refractivity contribution is 7.93. The molecule has 1 saturated heterocycles. The Morgan fingerprint density at radius 1 is 1.22 bits per heavy atom. The highest BCUT2D eigenvalue weighted by Crippen LogP contribution is 2.49. The van der Waals surface area contributed by atoms with E-state index >= 15 is 0 Å². The quantitative estimate of drug-likeness (QED) is 0.530. The lowest BCUT2D eigenvalue weighted by molar-refractivity contribution is -0.0498. The summed E-state index contributed by atoms with van der Waals surface area (Å²) in [6.45, 7) is 0.619. The third-order valence-corrected chi connectivity index (χ3v) is 8.94. The molecular formula is C25H24F2N4O4S. The van der Waals surface area contributed by atoms with Gasteiger partial charge < -0.3 is 10.1 Å². The summed E-state index contributed by atoms with van der Waals surface area (Å²) in [5, 5.41) is 17.8. The molecule has 0 atom stereocenters. The summed E-state index contributed by atoms with van der Waals surface area (Å²) in [6.07, 6.45) is 1.17. The van der Waals surface area contributed by atoms with Crippen LogP contribution in [0.1, 0.15) is 43.1 Å². The number of carbonyl (C=O) groups is 1. The van der Waals surface area contributed by atoms with Gasteiger partial charge in [-0.05, 0) is 57.0 Å². The van der Waals surface area contributed by atoms with E-state index in [0.717, 1.165) is 0 Å². The second-order valence-corrected chi connectivity index (χ2v) is 12.3. The first-order valence-corrected chi connectivity index (χ1v) is 13.2. The van der Waals surface area contributed by atoms with Crippen LogP contribution in [-0.4, -0.2) is 47.8 Å². The SMILES string of the molecule is CC1(C#N)CC(n2nc(-c3cccc(OC(F)F)c3)c3ccc(C(=O)NC4(C)CS(=O)(=O)C4)cc32)C1. The lowest BCUT2D eigenvalue weighted by Gasteiger charge is -2.40. The molecule has 1 aliphatic carbocycles. The van der Waals surface area contributed by atoms with Crippen LogP contribution >= 0.6 is 0 Å². The van der Waals surface area contributed by atoms with Crippen molar-refractivity contribution in [1.29, 1.82) is 5.26 Å². The van der Waals surface area contributed by atoms with E-state index in [9.17, 15) is 27.3 Å². The van der Waals surface area contributed by atoms with Gasteiger partial charge in [0.2, 0.25) is 0 Å². The minimum atomic E-state index is -3.13. The Kier molecular flexibility index (Phi) is 5.55. The summed E-state index contributed by atoms with van der Waals surface area (Å²) in [5.74, 6) is -0.610. The Morgan fingerprint density at radius 2 is 1.94 bits per heavy atom. The summed E-state index contributed by atoms with van der Waals surface area (Å²) in [4.78, 5) is 13.0. The van der Waals surface area contributed by atoms with Crippen LogP contribution in [-0.2, 0) is 9.84 Å². The Balaban J connectivity index is 1.54. The number of nitriles is 1. The molecule has 2 heterocycles. The normalized spacial score (nSPS) is 23.9. The van der Waals surface area contributed by atoms with Crippen molar-refractivity contribution in [3.05, 3.63) is 48.0 Å². The van der Waals surface area contributed by atoms with Crippen molar-refractivity contribution in [2.24, 2.45) is 5.41 Å². The maximum Gasteiger partial charge on any atom is 0.387 e. The molecule has 2 fully saturated rings. The predicted molar refractivity (Wildman–Crippen MR) is 128 cm³/mol. The number of sulfone groups is 1. The number of aromatic nitrogens is 2. The molecule has 2 aliphatic rings. The standard InChI is InChI=1S/C25H24F2N4O4S/c1-24(12-28)10-17(11-24)31-20-9-16(22(32)29-25(2)13-36(33,34)14-25)6-7-19(20)21(30-31)15-4-3-5-18(8-15)35-23(26)27/h3-9,17,23H,10-11,13-14H2,1-2H3,(H,29,32). The van der Waals surface area contributed by atoms with E-state index in [4.69, 9.17) is 5.10 Å². The van der Waals surface area contributed by atoms with E-state index in [1.54, 1.807) is 41.9 Å². The van der Waals surface area contributed by atoms with Gasteiger partial charge in [0.1, 0.15) is 11.4 Å². The number of hydrogen-bond acceptors (Lipinski definition) is 6. The largest absolute Gasteiger partial charge is 0.435 e. The number of benzene rings is 2. The van der Waals surface area contributed by atoms with Crippen LogP contribution < -0.4 is 10.1 Å². The predicted octanol–water partition coefficient (Wildman–Crippen LogP) is 4.09. The Labute approximate surface area is 206 Å². The lowest BCUT2D eigenvalue weighted by atomic mass is 9.68. The fourth-order valence-electron chi connectivity index (χ4n) is 5.18. The Hall–Kier alpha value is -3.52. The van der Waals surface area contributed by atoms with E-state index in [1.807, 2.05) is 6.92 Å². The minimum absolute atomic E-state index is 0.00518. The van der Waals surface area contributed by atoms with Crippen LogP contribution in [0.2, 0.25) is 0 Å². The van der Waals surface area contributed by atoms with Crippen molar-refractivity contribution >= 4 is 26.6 Å². The number of hydrogen-bond donors (Lipinski definition) is 1. The van der Waals surface area contributed by atoms with Gasteiger partial charge in [-0.1, -0.05) is 12.1 Å². The highest BCUT2D eigenvalue weighted by atomic mass is 32.2. The number of nitrogens with zero attached hydrogens (tertiary/aromatic N) is 3. The monoisotopic (exact) mass is 514 g/mol.